The second kappa shape index (κ2) is 8.34. The van der Waals surface area contributed by atoms with Crippen molar-refractivity contribution >= 4 is 17.8 Å². The van der Waals surface area contributed by atoms with Gasteiger partial charge in [-0.25, -0.2) is 4.79 Å². The average molecular weight is 358 g/mol. The quantitative estimate of drug-likeness (QED) is 0.781. The van der Waals surface area contributed by atoms with Crippen LogP contribution in [0.15, 0.2) is 24.3 Å². The summed E-state index contributed by atoms with van der Waals surface area (Å²) in [5.74, 6) is -0.402. The van der Waals surface area contributed by atoms with Crippen molar-refractivity contribution < 1.29 is 19.5 Å². The summed E-state index contributed by atoms with van der Waals surface area (Å²) in [6, 6.07) is 6.78. The Morgan fingerprint density at radius 1 is 1.15 bits per heavy atom. The Labute approximate surface area is 153 Å². The average Bonchev–Trinajstić information content (AvgIpc) is 3.49. The molecular weight excluding hydrogens is 332 g/mol. The molecule has 2 aliphatic rings. The van der Waals surface area contributed by atoms with Crippen molar-refractivity contribution in [2.45, 2.75) is 38.5 Å². The number of nitrogens with one attached hydrogen (secondary N) is 1. The summed E-state index contributed by atoms with van der Waals surface area (Å²) in [5.41, 5.74) is 0.917. The van der Waals surface area contributed by atoms with Crippen molar-refractivity contribution in [1.82, 2.24) is 10.2 Å². The maximum absolute atomic E-state index is 12.5. The van der Waals surface area contributed by atoms with Gasteiger partial charge in [-0.3, -0.25) is 9.59 Å². The highest BCUT2D eigenvalue weighted by molar-refractivity contribution is 5.89. The Morgan fingerprint density at radius 2 is 1.92 bits per heavy atom. The first-order chi connectivity index (χ1) is 12.5. The minimum atomic E-state index is -0.974. The number of carbonyl (C=O) groups is 3. The van der Waals surface area contributed by atoms with Gasteiger partial charge in [0.25, 0.3) is 0 Å². The number of piperidine rings is 1. The molecule has 6 nitrogen and oxygen atoms in total. The van der Waals surface area contributed by atoms with Gasteiger partial charge in [0.2, 0.25) is 11.8 Å². The molecule has 1 aliphatic heterocycles. The predicted molar refractivity (Wildman–Crippen MR) is 96.8 cm³/mol. The molecule has 3 rings (SSSR count). The molecule has 0 bridgehead atoms. The molecule has 2 fully saturated rings. The minimum Gasteiger partial charge on any atom is -0.478 e. The number of benzene rings is 1. The lowest BCUT2D eigenvalue weighted by Gasteiger charge is -2.32. The summed E-state index contributed by atoms with van der Waals surface area (Å²) in [6.07, 6.45) is 4.72. The molecule has 0 radical (unpaired) electrons. The number of aromatic carboxylic acids is 1. The van der Waals surface area contributed by atoms with Gasteiger partial charge in [0.05, 0.1) is 11.5 Å². The lowest BCUT2D eigenvalue weighted by atomic mass is 9.96. The molecule has 2 N–H and O–H groups in total. The molecule has 2 amide bonds. The van der Waals surface area contributed by atoms with E-state index in [-0.39, 0.29) is 29.7 Å². The van der Waals surface area contributed by atoms with Crippen LogP contribution in [0, 0.1) is 11.8 Å². The van der Waals surface area contributed by atoms with Crippen molar-refractivity contribution in [1.29, 1.82) is 0 Å². The molecule has 1 atom stereocenters. The number of hydrogen-bond acceptors (Lipinski definition) is 3. The number of hydrogen-bond donors (Lipinski definition) is 2. The summed E-state index contributed by atoms with van der Waals surface area (Å²) in [5, 5.41) is 12.2. The Balaban J connectivity index is 1.51. The van der Waals surface area contributed by atoms with Gasteiger partial charge < -0.3 is 15.3 Å². The SMILES string of the molecule is O=C(O)c1ccccc1CCC(=O)N1CCCC(C(=O)NCC2CC2)C1. The fourth-order valence-electron chi connectivity index (χ4n) is 3.48. The van der Waals surface area contributed by atoms with Gasteiger partial charge in [0, 0.05) is 26.1 Å². The molecule has 1 saturated carbocycles. The Morgan fingerprint density at radius 3 is 2.65 bits per heavy atom. The number of amides is 2. The summed E-state index contributed by atoms with van der Waals surface area (Å²) in [4.78, 5) is 37.8. The van der Waals surface area contributed by atoms with Crippen LogP contribution in [-0.4, -0.2) is 47.4 Å². The van der Waals surface area contributed by atoms with Crippen LogP contribution in [0.2, 0.25) is 0 Å². The molecule has 140 valence electrons. The summed E-state index contributed by atoms with van der Waals surface area (Å²) < 4.78 is 0. The highest BCUT2D eigenvalue weighted by atomic mass is 16.4. The van der Waals surface area contributed by atoms with Crippen molar-refractivity contribution in [3.63, 3.8) is 0 Å². The number of nitrogens with zero attached hydrogens (tertiary/aromatic N) is 1. The fourth-order valence-corrected chi connectivity index (χ4v) is 3.48. The largest absolute Gasteiger partial charge is 0.478 e. The van der Waals surface area contributed by atoms with Gasteiger partial charge in [0.15, 0.2) is 0 Å². The van der Waals surface area contributed by atoms with E-state index < -0.39 is 5.97 Å². The number of carbonyl (C=O) groups excluding carboxylic acids is 2. The highest BCUT2D eigenvalue weighted by Gasteiger charge is 2.29. The van der Waals surface area contributed by atoms with Gasteiger partial charge in [-0.05, 0) is 49.7 Å². The molecule has 1 saturated heterocycles. The lowest BCUT2D eigenvalue weighted by Crippen LogP contribution is -2.45. The monoisotopic (exact) mass is 358 g/mol. The van der Waals surface area contributed by atoms with Crippen LogP contribution < -0.4 is 5.32 Å². The molecule has 1 unspecified atom stereocenters. The first-order valence-corrected chi connectivity index (χ1v) is 9.41. The van der Waals surface area contributed by atoms with Crippen molar-refractivity contribution in [3.05, 3.63) is 35.4 Å². The van der Waals surface area contributed by atoms with E-state index in [1.54, 1.807) is 29.2 Å². The smallest absolute Gasteiger partial charge is 0.335 e. The molecule has 1 aromatic rings. The maximum Gasteiger partial charge on any atom is 0.335 e. The number of aryl methyl sites for hydroxylation is 1. The topological polar surface area (TPSA) is 86.7 Å². The predicted octanol–water partition coefficient (Wildman–Crippen LogP) is 2.08. The molecule has 6 heteroatoms. The van der Waals surface area contributed by atoms with Crippen LogP contribution in [0.1, 0.15) is 48.0 Å². The van der Waals surface area contributed by atoms with E-state index in [1.807, 2.05) is 0 Å². The molecule has 1 aliphatic carbocycles. The third kappa shape index (κ3) is 4.84. The molecule has 1 aromatic carbocycles. The minimum absolute atomic E-state index is 0.00937. The zero-order valence-electron chi connectivity index (χ0n) is 14.9. The molecule has 26 heavy (non-hydrogen) atoms. The first kappa shape index (κ1) is 18.4. The summed E-state index contributed by atoms with van der Waals surface area (Å²) in [7, 11) is 0. The van der Waals surface area contributed by atoms with E-state index in [9.17, 15) is 19.5 Å². The van der Waals surface area contributed by atoms with E-state index >= 15 is 0 Å². The van der Waals surface area contributed by atoms with Crippen molar-refractivity contribution in [3.8, 4) is 0 Å². The standard InChI is InChI=1S/C20H26N2O4/c23-18(10-9-15-4-1-2-6-17(15)20(25)26)22-11-3-5-16(13-22)19(24)21-12-14-7-8-14/h1-2,4,6,14,16H,3,5,7-13H2,(H,21,24)(H,25,26). The van der Waals surface area contributed by atoms with Gasteiger partial charge in [-0.2, -0.15) is 0 Å². The summed E-state index contributed by atoms with van der Waals surface area (Å²) in [6.45, 7) is 1.90. The second-order valence-electron chi connectivity index (χ2n) is 7.33. The number of carboxylic acid groups (broad SMARTS) is 1. The van der Waals surface area contributed by atoms with E-state index in [0.29, 0.717) is 31.0 Å². The van der Waals surface area contributed by atoms with Crippen LogP contribution >= 0.6 is 0 Å². The van der Waals surface area contributed by atoms with Crippen molar-refractivity contribution in [2.75, 3.05) is 19.6 Å². The van der Waals surface area contributed by atoms with Crippen LogP contribution in [0.5, 0.6) is 0 Å². The number of carboxylic acids is 1. The number of likely N-dealkylation sites (tertiary alicyclic amines) is 1. The Kier molecular flexibility index (Phi) is 5.91. The van der Waals surface area contributed by atoms with E-state index in [2.05, 4.69) is 5.32 Å². The van der Waals surface area contributed by atoms with Gasteiger partial charge in [-0.1, -0.05) is 18.2 Å². The Hall–Kier alpha value is -2.37. The third-order valence-corrected chi connectivity index (χ3v) is 5.26. The van der Waals surface area contributed by atoms with Gasteiger partial charge in [-0.15, -0.1) is 0 Å². The van der Waals surface area contributed by atoms with E-state index in [0.717, 1.165) is 19.4 Å². The van der Waals surface area contributed by atoms with Crippen LogP contribution in [0.25, 0.3) is 0 Å². The molecule has 1 heterocycles. The van der Waals surface area contributed by atoms with Gasteiger partial charge in [0.1, 0.15) is 0 Å². The van der Waals surface area contributed by atoms with Crippen LogP contribution in [0.3, 0.4) is 0 Å². The molecule has 0 spiro atoms. The normalized spacial score (nSPS) is 19.8. The first-order valence-electron chi connectivity index (χ1n) is 9.41. The van der Waals surface area contributed by atoms with E-state index in [1.165, 1.54) is 12.8 Å². The summed E-state index contributed by atoms with van der Waals surface area (Å²) >= 11 is 0. The third-order valence-electron chi connectivity index (χ3n) is 5.26. The van der Waals surface area contributed by atoms with Crippen LogP contribution in [-0.2, 0) is 16.0 Å². The zero-order chi connectivity index (χ0) is 18.5. The second-order valence-corrected chi connectivity index (χ2v) is 7.33. The molecule has 0 aromatic heterocycles. The molecular formula is C20H26N2O4. The lowest BCUT2D eigenvalue weighted by molar-refractivity contribution is -0.135. The highest BCUT2D eigenvalue weighted by Crippen LogP contribution is 2.28. The Bertz CT molecular complexity index is 684. The number of rotatable bonds is 7. The van der Waals surface area contributed by atoms with Crippen LogP contribution in [0.4, 0.5) is 0 Å². The van der Waals surface area contributed by atoms with Gasteiger partial charge >= 0.3 is 5.97 Å². The maximum atomic E-state index is 12.5. The zero-order valence-corrected chi connectivity index (χ0v) is 14.9. The fraction of sp³-hybridized carbons (Fsp3) is 0.550. The van der Waals surface area contributed by atoms with E-state index in [4.69, 9.17) is 0 Å². The van der Waals surface area contributed by atoms with Crippen molar-refractivity contribution in [2.24, 2.45) is 11.8 Å².